The molecule has 0 saturated carbocycles. The number of hydrogen-bond acceptors (Lipinski definition) is 5. The largest absolute Gasteiger partial charge is 0.394 e. The molecule has 18 heavy (non-hydrogen) atoms. The molecule has 0 aromatic carbocycles. The van der Waals surface area contributed by atoms with Gasteiger partial charge in [0.25, 0.3) is 5.91 Å². The second kappa shape index (κ2) is 5.60. The number of rotatable bonds is 2. The first-order chi connectivity index (χ1) is 8.60. The normalized spacial score (nSPS) is 24.1. The molecular formula is C11H14ClN3O3. The number of aromatic nitrogens is 2. The summed E-state index contributed by atoms with van der Waals surface area (Å²) < 4.78 is 5.47. The molecule has 1 aliphatic rings. The minimum absolute atomic E-state index is 0.111. The summed E-state index contributed by atoms with van der Waals surface area (Å²) in [7, 11) is 0. The average Bonchev–Trinajstić information content (AvgIpc) is 2.38. The van der Waals surface area contributed by atoms with Gasteiger partial charge in [-0.1, -0.05) is 11.6 Å². The second-order valence-electron chi connectivity index (χ2n) is 4.19. The van der Waals surface area contributed by atoms with Gasteiger partial charge < -0.3 is 14.7 Å². The Bertz CT molecular complexity index is 426. The summed E-state index contributed by atoms with van der Waals surface area (Å²) in [6.07, 6.45) is 2.22. The highest BCUT2D eigenvalue weighted by Crippen LogP contribution is 2.13. The molecule has 1 aromatic rings. The number of halogens is 1. The summed E-state index contributed by atoms with van der Waals surface area (Å²) in [5.41, 5.74) is 0.241. The van der Waals surface area contributed by atoms with Crippen LogP contribution >= 0.6 is 11.6 Å². The summed E-state index contributed by atoms with van der Waals surface area (Å²) in [5, 5.41) is 9.35. The van der Waals surface area contributed by atoms with Gasteiger partial charge >= 0.3 is 0 Å². The minimum atomic E-state index is -0.349. The van der Waals surface area contributed by atoms with E-state index in [2.05, 4.69) is 9.97 Å². The molecule has 1 aromatic heterocycles. The van der Waals surface area contributed by atoms with Gasteiger partial charge in [-0.15, -0.1) is 0 Å². The van der Waals surface area contributed by atoms with Gasteiger partial charge in [0.15, 0.2) is 0 Å². The molecule has 98 valence electrons. The number of aliphatic hydroxyl groups is 1. The number of ether oxygens (including phenoxy) is 1. The zero-order valence-corrected chi connectivity index (χ0v) is 10.7. The van der Waals surface area contributed by atoms with Crippen molar-refractivity contribution in [3.63, 3.8) is 0 Å². The minimum Gasteiger partial charge on any atom is -0.394 e. The Labute approximate surface area is 110 Å². The first kappa shape index (κ1) is 13.2. The van der Waals surface area contributed by atoms with E-state index >= 15 is 0 Å². The Balaban J connectivity index is 2.10. The molecule has 0 radical (unpaired) electrons. The molecule has 1 N–H and O–H groups in total. The number of morpholine rings is 1. The lowest BCUT2D eigenvalue weighted by Gasteiger charge is -2.35. The Morgan fingerprint density at radius 1 is 1.56 bits per heavy atom. The van der Waals surface area contributed by atoms with Gasteiger partial charge in [0.05, 0.1) is 31.2 Å². The zero-order valence-electron chi connectivity index (χ0n) is 9.91. The van der Waals surface area contributed by atoms with Crippen molar-refractivity contribution < 1.29 is 14.6 Å². The van der Waals surface area contributed by atoms with Gasteiger partial charge in [-0.2, -0.15) is 0 Å². The summed E-state index contributed by atoms with van der Waals surface area (Å²) >= 11 is 5.62. The van der Waals surface area contributed by atoms with Gasteiger partial charge in [-0.3, -0.25) is 4.79 Å². The SMILES string of the molecule is CC1CN(C(=O)c2cnc(Cl)cn2)CC(CO)O1. The predicted molar refractivity (Wildman–Crippen MR) is 64.4 cm³/mol. The molecule has 0 aliphatic carbocycles. The summed E-state index contributed by atoms with van der Waals surface area (Å²) in [4.78, 5) is 21.5. The van der Waals surface area contributed by atoms with Crippen LogP contribution in [0.4, 0.5) is 0 Å². The second-order valence-corrected chi connectivity index (χ2v) is 4.57. The van der Waals surface area contributed by atoms with Gasteiger partial charge in [0.2, 0.25) is 0 Å². The highest BCUT2D eigenvalue weighted by Gasteiger charge is 2.29. The van der Waals surface area contributed by atoms with Gasteiger partial charge in [-0.05, 0) is 6.92 Å². The van der Waals surface area contributed by atoms with E-state index < -0.39 is 0 Å². The lowest BCUT2D eigenvalue weighted by molar-refractivity contribution is -0.0859. The van der Waals surface area contributed by atoms with Crippen molar-refractivity contribution in [2.45, 2.75) is 19.1 Å². The van der Waals surface area contributed by atoms with E-state index in [9.17, 15) is 4.79 Å². The molecule has 2 atom stereocenters. The van der Waals surface area contributed by atoms with Crippen molar-refractivity contribution in [3.8, 4) is 0 Å². The quantitative estimate of drug-likeness (QED) is 0.840. The summed E-state index contributed by atoms with van der Waals surface area (Å²) in [5.74, 6) is -0.229. The number of carbonyl (C=O) groups excluding carboxylic acids is 1. The molecule has 1 amide bonds. The highest BCUT2D eigenvalue weighted by atomic mass is 35.5. The molecule has 1 aliphatic heterocycles. The molecule has 2 heterocycles. The maximum atomic E-state index is 12.2. The average molecular weight is 272 g/mol. The van der Waals surface area contributed by atoms with E-state index in [1.807, 2.05) is 6.92 Å². The van der Waals surface area contributed by atoms with Crippen molar-refractivity contribution >= 4 is 17.5 Å². The van der Waals surface area contributed by atoms with Crippen LogP contribution in [0.15, 0.2) is 12.4 Å². The molecular weight excluding hydrogens is 258 g/mol. The molecule has 2 rings (SSSR count). The Kier molecular flexibility index (Phi) is 4.11. The third-order valence-corrected chi connectivity index (χ3v) is 2.85. The van der Waals surface area contributed by atoms with E-state index in [1.54, 1.807) is 4.90 Å². The number of carbonyl (C=O) groups is 1. The fourth-order valence-electron chi connectivity index (χ4n) is 1.90. The lowest BCUT2D eigenvalue weighted by atomic mass is 10.2. The van der Waals surface area contributed by atoms with Crippen molar-refractivity contribution in [3.05, 3.63) is 23.2 Å². The highest BCUT2D eigenvalue weighted by molar-refractivity contribution is 6.29. The molecule has 2 unspecified atom stereocenters. The fourth-order valence-corrected chi connectivity index (χ4v) is 1.99. The third kappa shape index (κ3) is 2.95. The van der Waals surface area contributed by atoms with Crippen LogP contribution in [0.1, 0.15) is 17.4 Å². The van der Waals surface area contributed by atoms with E-state index in [1.165, 1.54) is 12.4 Å². The molecule has 1 saturated heterocycles. The maximum Gasteiger partial charge on any atom is 0.274 e. The number of amides is 1. The van der Waals surface area contributed by atoms with Gasteiger partial charge in [-0.25, -0.2) is 9.97 Å². The van der Waals surface area contributed by atoms with Crippen LogP contribution in [0.5, 0.6) is 0 Å². The van der Waals surface area contributed by atoms with Crippen molar-refractivity contribution in [2.75, 3.05) is 19.7 Å². The number of aliphatic hydroxyl groups excluding tert-OH is 1. The lowest BCUT2D eigenvalue weighted by Crippen LogP contribution is -2.50. The number of nitrogens with zero attached hydrogens (tertiary/aromatic N) is 3. The summed E-state index contributed by atoms with van der Waals surface area (Å²) in [6.45, 7) is 2.57. The molecule has 7 heteroatoms. The predicted octanol–water partition coefficient (Wildman–Crippen LogP) is 0.352. The van der Waals surface area contributed by atoms with E-state index in [0.717, 1.165) is 0 Å². The third-order valence-electron chi connectivity index (χ3n) is 2.66. The molecule has 0 spiro atoms. The van der Waals surface area contributed by atoms with E-state index in [0.29, 0.717) is 13.1 Å². The summed E-state index contributed by atoms with van der Waals surface area (Å²) in [6, 6.07) is 0. The van der Waals surface area contributed by atoms with Crippen molar-refractivity contribution in [2.24, 2.45) is 0 Å². The van der Waals surface area contributed by atoms with E-state index in [4.69, 9.17) is 21.4 Å². The smallest absolute Gasteiger partial charge is 0.274 e. The van der Waals surface area contributed by atoms with Crippen molar-refractivity contribution in [1.29, 1.82) is 0 Å². The first-order valence-electron chi connectivity index (χ1n) is 5.63. The fraction of sp³-hybridized carbons (Fsp3) is 0.545. The molecule has 6 nitrogen and oxygen atoms in total. The van der Waals surface area contributed by atoms with Crippen LogP contribution in [-0.2, 0) is 4.74 Å². The Morgan fingerprint density at radius 2 is 2.33 bits per heavy atom. The molecule has 1 fully saturated rings. The van der Waals surface area contributed by atoms with Crippen LogP contribution in [0.3, 0.4) is 0 Å². The van der Waals surface area contributed by atoms with Gasteiger partial charge in [0, 0.05) is 13.1 Å². The maximum absolute atomic E-state index is 12.2. The van der Waals surface area contributed by atoms with Crippen LogP contribution in [-0.4, -0.2) is 57.8 Å². The Hall–Kier alpha value is -1.24. The molecule has 0 bridgehead atoms. The van der Waals surface area contributed by atoms with Crippen LogP contribution in [0.2, 0.25) is 5.15 Å². The topological polar surface area (TPSA) is 75.6 Å². The standard InChI is InChI=1S/C11H14ClN3O3/c1-7-4-15(5-8(6-16)18-7)11(17)9-2-14-10(12)3-13-9/h2-3,7-8,16H,4-6H2,1H3. The van der Waals surface area contributed by atoms with Crippen LogP contribution in [0, 0.1) is 0 Å². The number of hydrogen-bond donors (Lipinski definition) is 1. The van der Waals surface area contributed by atoms with Gasteiger partial charge in [0.1, 0.15) is 10.8 Å². The zero-order chi connectivity index (χ0) is 13.1. The van der Waals surface area contributed by atoms with E-state index in [-0.39, 0.29) is 35.6 Å². The monoisotopic (exact) mass is 271 g/mol. The van der Waals surface area contributed by atoms with Crippen molar-refractivity contribution in [1.82, 2.24) is 14.9 Å². The Morgan fingerprint density at radius 3 is 2.94 bits per heavy atom. The first-order valence-corrected chi connectivity index (χ1v) is 6.01. The van der Waals surface area contributed by atoms with Crippen LogP contribution in [0.25, 0.3) is 0 Å². The van der Waals surface area contributed by atoms with Crippen LogP contribution < -0.4 is 0 Å².